The summed E-state index contributed by atoms with van der Waals surface area (Å²) in [6, 6.07) is 20.6. The second-order valence-electron chi connectivity index (χ2n) is 13.9. The number of nitrogens with one attached hydrogen (secondary N) is 1. The van der Waals surface area contributed by atoms with Gasteiger partial charge >= 0.3 is 5.97 Å². The monoisotopic (exact) mass is 775 g/mol. The van der Waals surface area contributed by atoms with E-state index in [2.05, 4.69) is 58.5 Å². The molecule has 3 aromatic carbocycles. The third-order valence-electron chi connectivity index (χ3n) is 9.99. The molecule has 0 aromatic heterocycles. The first-order valence-electron chi connectivity index (χ1n) is 18.4. The van der Waals surface area contributed by atoms with E-state index in [9.17, 15) is 18.8 Å². The van der Waals surface area contributed by atoms with Crippen LogP contribution in [0.15, 0.2) is 76.8 Å². The number of ether oxygens (including phenoxy) is 2. The number of piperazine rings is 1. The summed E-state index contributed by atoms with van der Waals surface area (Å²) < 4.78 is 26.3. The molecule has 2 amide bonds. The summed E-state index contributed by atoms with van der Waals surface area (Å²) in [5.74, 6) is -0.0815. The minimum Gasteiger partial charge on any atom is -0.492 e. The van der Waals surface area contributed by atoms with Crippen molar-refractivity contribution in [3.05, 3.63) is 99.3 Å². The lowest BCUT2D eigenvalue weighted by Gasteiger charge is -2.45. The van der Waals surface area contributed by atoms with Crippen LogP contribution in [0.4, 0.5) is 4.39 Å². The molecule has 6 rings (SSSR count). The van der Waals surface area contributed by atoms with E-state index < -0.39 is 5.97 Å². The Labute approximate surface area is 313 Å². The lowest BCUT2D eigenvalue weighted by molar-refractivity contribution is -0.138. The fourth-order valence-electron chi connectivity index (χ4n) is 7.15. The summed E-state index contributed by atoms with van der Waals surface area (Å²) in [6.45, 7) is 4.24. The molecule has 276 valence electrons. The van der Waals surface area contributed by atoms with E-state index in [1.807, 2.05) is 23.1 Å². The zero-order valence-corrected chi connectivity index (χ0v) is 31.2. The quantitative estimate of drug-likeness (QED) is 0.145. The van der Waals surface area contributed by atoms with Gasteiger partial charge in [0.1, 0.15) is 23.9 Å². The maximum absolute atomic E-state index is 14.7. The lowest BCUT2D eigenvalue weighted by atomic mass is 9.82. The molecule has 2 fully saturated rings. The van der Waals surface area contributed by atoms with Gasteiger partial charge in [-0.15, -0.1) is 0 Å². The smallest absolute Gasteiger partial charge is 0.303 e. The first-order valence-corrected chi connectivity index (χ1v) is 19.2. The predicted octanol–water partition coefficient (Wildman–Crippen LogP) is 6.81. The second kappa shape index (κ2) is 17.5. The number of aryl methyl sites for hydroxylation is 2. The highest BCUT2D eigenvalue weighted by atomic mass is 79.9. The van der Waals surface area contributed by atoms with Crippen LogP contribution >= 0.6 is 15.9 Å². The number of carbonyl (C=O) groups is 3. The molecule has 2 atom stereocenters. The second-order valence-corrected chi connectivity index (χ2v) is 14.7. The number of halogens is 2. The predicted molar refractivity (Wildman–Crippen MR) is 201 cm³/mol. The van der Waals surface area contributed by atoms with Gasteiger partial charge in [0.15, 0.2) is 0 Å². The molecule has 0 unspecified atom stereocenters. The highest BCUT2D eigenvalue weighted by Crippen LogP contribution is 2.37. The highest BCUT2D eigenvalue weighted by Gasteiger charge is 2.43. The van der Waals surface area contributed by atoms with Gasteiger partial charge in [0, 0.05) is 49.7 Å². The number of benzene rings is 3. The van der Waals surface area contributed by atoms with Gasteiger partial charge in [0.2, 0.25) is 5.91 Å². The molecule has 9 nitrogen and oxygen atoms in total. The van der Waals surface area contributed by atoms with Crippen LogP contribution in [-0.4, -0.2) is 83.7 Å². The Bertz CT molecular complexity index is 1780. The molecule has 52 heavy (non-hydrogen) atoms. The molecule has 2 N–H and O–H groups in total. The molecule has 2 aliphatic heterocycles. The maximum Gasteiger partial charge on any atom is 0.303 e. The topological polar surface area (TPSA) is 108 Å². The van der Waals surface area contributed by atoms with Crippen molar-refractivity contribution in [3.8, 4) is 11.5 Å². The summed E-state index contributed by atoms with van der Waals surface area (Å²) >= 11 is 3.41. The molecule has 2 heterocycles. The van der Waals surface area contributed by atoms with Gasteiger partial charge in [-0.25, -0.2) is 4.39 Å². The number of nitrogens with zero attached hydrogens (tertiary/aromatic N) is 2. The van der Waals surface area contributed by atoms with E-state index in [0.29, 0.717) is 55.1 Å². The molecular formula is C41H47BrFN3O6. The van der Waals surface area contributed by atoms with Crippen molar-refractivity contribution in [1.82, 2.24) is 15.1 Å². The number of amides is 2. The van der Waals surface area contributed by atoms with Gasteiger partial charge in [-0.2, -0.15) is 0 Å². The van der Waals surface area contributed by atoms with Crippen molar-refractivity contribution in [3.63, 3.8) is 0 Å². The lowest BCUT2D eigenvalue weighted by Crippen LogP contribution is -2.62. The Morgan fingerprint density at radius 1 is 0.962 bits per heavy atom. The third-order valence-corrected chi connectivity index (χ3v) is 10.6. The minimum atomic E-state index is -0.913. The number of carboxylic acids is 1. The molecule has 11 heteroatoms. The minimum absolute atomic E-state index is 0.0238. The molecule has 0 radical (unpaired) electrons. The average Bonchev–Trinajstić information content (AvgIpc) is 3.98. The summed E-state index contributed by atoms with van der Waals surface area (Å²) in [6.07, 6.45) is 5.34. The van der Waals surface area contributed by atoms with Crippen LogP contribution in [-0.2, 0) is 27.2 Å². The standard InChI is InChI=1S/C41H47BrFN3O6/c1-2-27-6-3-8-33(22-27)51-21-19-46(32-16-17-32)41(50)40-34(24-31-25-45(26-36(40)44-31)38(47)9-4-10-39(48)49)29-13-11-28(12-14-29)7-5-20-52-37-23-30(43)15-18-35(37)42/h3,6,8,11-15,18,22-23,31-32,36,44H,2,4-5,7,9-10,16-17,19-21,24-26H2,1H3,(H,48,49)/t31-,36-/m1/s1. The Balaban J connectivity index is 1.19. The highest BCUT2D eigenvalue weighted by molar-refractivity contribution is 9.10. The van der Waals surface area contributed by atoms with Crippen LogP contribution in [0.2, 0.25) is 0 Å². The normalized spacial score (nSPS) is 18.2. The van der Waals surface area contributed by atoms with Crippen LogP contribution in [0.25, 0.3) is 5.57 Å². The van der Waals surface area contributed by atoms with E-state index >= 15 is 0 Å². The molecule has 1 saturated heterocycles. The molecule has 1 aliphatic carbocycles. The number of hydrogen-bond donors (Lipinski definition) is 2. The molecule has 2 bridgehead atoms. The Morgan fingerprint density at radius 2 is 1.77 bits per heavy atom. The summed E-state index contributed by atoms with van der Waals surface area (Å²) in [5, 5.41) is 12.7. The fraction of sp³-hybridized carbons (Fsp3) is 0.439. The maximum atomic E-state index is 14.7. The van der Waals surface area contributed by atoms with Gasteiger partial charge < -0.3 is 29.7 Å². The van der Waals surface area contributed by atoms with E-state index in [-0.39, 0.29) is 55.0 Å². The molecule has 1 saturated carbocycles. The van der Waals surface area contributed by atoms with Gasteiger partial charge in [0.05, 0.1) is 23.7 Å². The third kappa shape index (κ3) is 9.80. The summed E-state index contributed by atoms with van der Waals surface area (Å²) in [7, 11) is 0. The van der Waals surface area contributed by atoms with Gasteiger partial charge in [0.25, 0.3) is 5.91 Å². The number of carboxylic acid groups (broad SMARTS) is 1. The molecule has 3 aliphatic rings. The number of fused-ring (bicyclic) bond motifs is 2. The van der Waals surface area contributed by atoms with Crippen molar-refractivity contribution < 1.29 is 33.4 Å². The van der Waals surface area contributed by atoms with E-state index in [1.165, 1.54) is 17.7 Å². The summed E-state index contributed by atoms with van der Waals surface area (Å²) in [4.78, 5) is 42.7. The molecule has 0 spiro atoms. The van der Waals surface area contributed by atoms with E-state index in [1.54, 1.807) is 11.0 Å². The van der Waals surface area contributed by atoms with Gasteiger partial charge in [-0.05, 0) is 107 Å². The largest absolute Gasteiger partial charge is 0.492 e. The first kappa shape index (κ1) is 37.5. The number of carbonyl (C=O) groups excluding carboxylic acids is 2. The van der Waals surface area contributed by atoms with Crippen molar-refractivity contribution in [2.75, 3.05) is 32.8 Å². The van der Waals surface area contributed by atoms with Gasteiger partial charge in [-0.3, -0.25) is 14.4 Å². The zero-order chi connectivity index (χ0) is 36.6. The van der Waals surface area contributed by atoms with E-state index in [0.717, 1.165) is 54.6 Å². The van der Waals surface area contributed by atoms with Crippen LogP contribution in [0.1, 0.15) is 68.6 Å². The Kier molecular flexibility index (Phi) is 12.7. The van der Waals surface area contributed by atoms with Crippen molar-refractivity contribution >= 4 is 39.3 Å². The first-order chi connectivity index (χ1) is 25.2. The van der Waals surface area contributed by atoms with Crippen molar-refractivity contribution in [2.45, 2.75) is 82.8 Å². The van der Waals surface area contributed by atoms with Crippen LogP contribution < -0.4 is 14.8 Å². The zero-order valence-electron chi connectivity index (χ0n) is 29.6. The Morgan fingerprint density at radius 3 is 2.52 bits per heavy atom. The van der Waals surface area contributed by atoms with Crippen LogP contribution in [0, 0.1) is 5.82 Å². The summed E-state index contributed by atoms with van der Waals surface area (Å²) in [5.41, 5.74) is 5.02. The van der Waals surface area contributed by atoms with E-state index in [4.69, 9.17) is 14.6 Å². The molecular weight excluding hydrogens is 729 g/mol. The SMILES string of the molecule is CCc1cccc(OCCN(C(=O)C2=C(c3ccc(CCCOc4cc(F)ccc4Br)cc3)C[C@@H]3CN(C(=O)CCCC(=O)O)C[C@H]2N3)C2CC2)c1. The Hall–Kier alpha value is -4.22. The van der Waals surface area contributed by atoms with Gasteiger partial charge in [-0.1, -0.05) is 43.3 Å². The van der Waals surface area contributed by atoms with Crippen molar-refractivity contribution in [1.29, 1.82) is 0 Å². The van der Waals surface area contributed by atoms with Crippen LogP contribution in [0.5, 0.6) is 11.5 Å². The number of hydrogen-bond acceptors (Lipinski definition) is 6. The van der Waals surface area contributed by atoms with Crippen LogP contribution in [0.3, 0.4) is 0 Å². The van der Waals surface area contributed by atoms with Crippen molar-refractivity contribution in [2.24, 2.45) is 0 Å². The fourth-order valence-corrected chi connectivity index (χ4v) is 7.51. The molecule has 3 aromatic rings. The average molecular weight is 777 g/mol. The number of aliphatic carboxylic acids is 1. The number of rotatable bonds is 17.